The van der Waals surface area contributed by atoms with E-state index in [0.717, 1.165) is 28.8 Å². The predicted molar refractivity (Wildman–Crippen MR) is 121 cm³/mol. The van der Waals surface area contributed by atoms with Crippen LogP contribution in [0.15, 0.2) is 78.3 Å². The number of fused-ring (bicyclic) bond motifs is 1. The molecule has 0 bridgehead atoms. The molecule has 7 nitrogen and oxygen atoms in total. The summed E-state index contributed by atoms with van der Waals surface area (Å²) >= 11 is -2.14. The van der Waals surface area contributed by atoms with E-state index in [0.29, 0.717) is 22.5 Å². The highest BCUT2D eigenvalue weighted by Crippen LogP contribution is 2.27. The summed E-state index contributed by atoms with van der Waals surface area (Å²) in [6.07, 6.45) is 8.34. The third kappa shape index (κ3) is 4.26. The van der Waals surface area contributed by atoms with Gasteiger partial charge in [0, 0.05) is 30.6 Å². The van der Waals surface area contributed by atoms with Gasteiger partial charge in [-0.2, -0.15) is 5.10 Å². The molecule has 164 valence electrons. The van der Waals surface area contributed by atoms with Crippen molar-refractivity contribution >= 4 is 28.1 Å². The second kappa shape index (κ2) is 8.57. The summed E-state index contributed by atoms with van der Waals surface area (Å²) in [5.41, 5.74) is 4.83. The molecule has 2 aromatic carbocycles. The topological polar surface area (TPSA) is 91.6 Å². The number of nitrogens with zero attached hydrogens (tertiary/aromatic N) is 5. The highest BCUT2D eigenvalue weighted by atomic mass is 32.2. The number of aromatic nitrogens is 5. The Labute approximate surface area is 190 Å². The first-order valence-corrected chi connectivity index (χ1v) is 11.0. The summed E-state index contributed by atoms with van der Waals surface area (Å²) in [6, 6.07) is 10.6. The molecule has 0 aliphatic heterocycles. The summed E-state index contributed by atoms with van der Waals surface area (Å²) in [6.45, 7) is 0. The van der Waals surface area contributed by atoms with Gasteiger partial charge in [-0.1, -0.05) is 12.1 Å². The Morgan fingerprint density at radius 3 is 2.48 bits per heavy atom. The lowest BCUT2D eigenvalue weighted by molar-refractivity contribution is 0.520. The first kappa shape index (κ1) is 21.0. The first-order valence-electron chi connectivity index (χ1n) is 9.81. The molecule has 0 saturated carbocycles. The van der Waals surface area contributed by atoms with Gasteiger partial charge in [0.05, 0.1) is 35.3 Å². The quantitative estimate of drug-likeness (QED) is 0.387. The Morgan fingerprint density at radius 2 is 1.73 bits per heavy atom. The van der Waals surface area contributed by atoms with Gasteiger partial charge in [0.1, 0.15) is 17.0 Å². The smallest absolute Gasteiger partial charge is 0.250 e. The molecule has 0 amide bonds. The minimum atomic E-state index is -2.14. The van der Waals surface area contributed by atoms with Gasteiger partial charge in [0.15, 0.2) is 11.6 Å². The lowest BCUT2D eigenvalue weighted by Gasteiger charge is -2.13. The van der Waals surface area contributed by atoms with E-state index in [1.54, 1.807) is 29.3 Å². The van der Waals surface area contributed by atoms with Crippen LogP contribution in [0.2, 0.25) is 0 Å². The van der Waals surface area contributed by atoms with Crippen LogP contribution in [0.5, 0.6) is 0 Å². The van der Waals surface area contributed by atoms with E-state index < -0.39 is 27.9 Å². The lowest BCUT2D eigenvalue weighted by Crippen LogP contribution is -2.16. The molecule has 1 unspecified atom stereocenters. The fourth-order valence-electron chi connectivity index (χ4n) is 3.35. The fourth-order valence-corrected chi connectivity index (χ4v) is 4.27. The molecular weight excluding hydrogens is 446 g/mol. The maximum atomic E-state index is 13.9. The van der Waals surface area contributed by atoms with Crippen molar-refractivity contribution in [2.75, 3.05) is 4.72 Å². The van der Waals surface area contributed by atoms with Gasteiger partial charge >= 0.3 is 0 Å². The third-order valence-corrected chi connectivity index (χ3v) is 6.11. The average molecular weight is 462 g/mol. The molecule has 3 aromatic heterocycles. The molecule has 0 saturated heterocycles. The van der Waals surface area contributed by atoms with Crippen LogP contribution in [0.4, 0.5) is 14.5 Å². The Morgan fingerprint density at radius 1 is 0.909 bits per heavy atom. The minimum Gasteiger partial charge on any atom is -0.588 e. The van der Waals surface area contributed by atoms with Gasteiger partial charge in [0.25, 0.3) is 4.90 Å². The van der Waals surface area contributed by atoms with Crippen molar-refractivity contribution in [2.45, 2.75) is 4.90 Å². The van der Waals surface area contributed by atoms with Gasteiger partial charge in [-0.15, -0.1) is 0 Å². The van der Waals surface area contributed by atoms with E-state index in [2.05, 4.69) is 19.8 Å². The van der Waals surface area contributed by atoms with Crippen molar-refractivity contribution in [3.05, 3.63) is 85.1 Å². The zero-order valence-electron chi connectivity index (χ0n) is 17.2. The molecule has 1 atom stereocenters. The molecule has 1 N–H and O–H groups in total. The molecule has 0 spiro atoms. The number of hydrogen-bond acceptors (Lipinski definition) is 6. The number of benzene rings is 2. The van der Waals surface area contributed by atoms with Gasteiger partial charge in [-0.05, 0) is 35.9 Å². The number of anilines is 1. The number of nitrogens with one attached hydrogen (secondary N) is 1. The van der Waals surface area contributed by atoms with Crippen LogP contribution in [-0.2, 0) is 18.4 Å². The van der Waals surface area contributed by atoms with Gasteiger partial charge in [-0.25, -0.2) is 18.5 Å². The summed E-state index contributed by atoms with van der Waals surface area (Å²) in [5.74, 6) is -1.77. The Kier molecular flexibility index (Phi) is 5.45. The van der Waals surface area contributed by atoms with E-state index in [1.165, 1.54) is 12.3 Å². The van der Waals surface area contributed by atoms with Crippen molar-refractivity contribution in [3.8, 4) is 22.4 Å². The SMILES string of the molecule is Cn1cc(-c2cnc3ccc(-c4cncc(N[S+]([O-])c5c(F)cccc5F)c4)cc3n2)cn1. The summed E-state index contributed by atoms with van der Waals surface area (Å²) in [7, 11) is 1.83. The fraction of sp³-hybridized carbons (Fsp3) is 0.0435. The maximum absolute atomic E-state index is 13.9. The number of halogens is 2. The molecular formula is C23H16F2N6OS. The second-order valence-corrected chi connectivity index (χ2v) is 8.40. The van der Waals surface area contributed by atoms with Crippen LogP contribution in [0.3, 0.4) is 0 Å². The highest BCUT2D eigenvalue weighted by Gasteiger charge is 2.23. The van der Waals surface area contributed by atoms with E-state index >= 15 is 0 Å². The van der Waals surface area contributed by atoms with Crippen LogP contribution < -0.4 is 4.72 Å². The van der Waals surface area contributed by atoms with Gasteiger partial charge in [-0.3, -0.25) is 14.6 Å². The predicted octanol–water partition coefficient (Wildman–Crippen LogP) is 4.51. The molecule has 0 fully saturated rings. The van der Waals surface area contributed by atoms with Crippen molar-refractivity contribution in [2.24, 2.45) is 7.05 Å². The van der Waals surface area contributed by atoms with Crippen molar-refractivity contribution in [1.29, 1.82) is 0 Å². The molecule has 3 heterocycles. The van der Waals surface area contributed by atoms with Crippen LogP contribution in [0, 0.1) is 11.6 Å². The van der Waals surface area contributed by atoms with Crippen LogP contribution in [0.1, 0.15) is 0 Å². The van der Waals surface area contributed by atoms with E-state index in [4.69, 9.17) is 4.98 Å². The standard InChI is InChI=1S/C23H16F2N6OS/c1-31-13-16(10-28-31)22-12-27-20-6-5-14(8-21(20)29-22)15-7-17(11-26-9-15)30-33(32)23-18(24)3-2-4-19(23)25/h2-13,30H,1H3. The molecule has 5 rings (SSSR count). The number of hydrogen-bond donors (Lipinski definition) is 1. The van der Waals surface area contributed by atoms with E-state index in [-0.39, 0.29) is 0 Å². The lowest BCUT2D eigenvalue weighted by atomic mass is 10.1. The largest absolute Gasteiger partial charge is 0.588 e. The van der Waals surface area contributed by atoms with Crippen molar-refractivity contribution in [3.63, 3.8) is 0 Å². The Balaban J connectivity index is 1.45. The van der Waals surface area contributed by atoms with Gasteiger partial charge in [0.2, 0.25) is 0 Å². The maximum Gasteiger partial charge on any atom is 0.250 e. The van der Waals surface area contributed by atoms with Crippen molar-refractivity contribution in [1.82, 2.24) is 24.7 Å². The molecule has 5 aromatic rings. The monoisotopic (exact) mass is 462 g/mol. The van der Waals surface area contributed by atoms with Gasteiger partial charge < -0.3 is 4.55 Å². The average Bonchev–Trinajstić information content (AvgIpc) is 3.25. The molecule has 10 heteroatoms. The summed E-state index contributed by atoms with van der Waals surface area (Å²) < 4.78 is 44.7. The second-order valence-electron chi connectivity index (χ2n) is 7.25. The minimum absolute atomic E-state index is 0.351. The number of rotatable bonds is 5. The molecule has 0 aliphatic carbocycles. The van der Waals surface area contributed by atoms with Crippen molar-refractivity contribution < 1.29 is 13.3 Å². The van der Waals surface area contributed by atoms with E-state index in [1.807, 2.05) is 31.4 Å². The molecule has 0 aliphatic rings. The molecule has 0 radical (unpaired) electrons. The normalized spacial score (nSPS) is 12.1. The zero-order valence-corrected chi connectivity index (χ0v) is 18.1. The van der Waals surface area contributed by atoms with Crippen LogP contribution in [-0.4, -0.2) is 29.3 Å². The summed E-state index contributed by atoms with van der Waals surface area (Å²) in [5, 5.41) is 4.17. The van der Waals surface area contributed by atoms with Crippen LogP contribution >= 0.6 is 0 Å². The van der Waals surface area contributed by atoms with E-state index in [9.17, 15) is 13.3 Å². The first-order chi connectivity index (χ1) is 16.0. The van der Waals surface area contributed by atoms with Crippen LogP contribution in [0.25, 0.3) is 33.4 Å². The highest BCUT2D eigenvalue weighted by molar-refractivity contribution is 7.92. The number of aryl methyl sites for hydroxylation is 1. The zero-order chi connectivity index (χ0) is 22.9. The Bertz CT molecular complexity index is 1450. The summed E-state index contributed by atoms with van der Waals surface area (Å²) in [4.78, 5) is 12.8. The third-order valence-electron chi connectivity index (χ3n) is 4.93. The Hall–Kier alpha value is -3.89. The number of pyridine rings is 1. The molecule has 33 heavy (non-hydrogen) atoms.